The molecule has 0 amide bonds. The fourth-order valence-electron chi connectivity index (χ4n) is 11.5. The van der Waals surface area contributed by atoms with Crippen LogP contribution >= 0.6 is 0 Å². The van der Waals surface area contributed by atoms with E-state index in [0.29, 0.717) is 0 Å². The van der Waals surface area contributed by atoms with Crippen molar-refractivity contribution in [1.82, 2.24) is 0 Å². The number of fused-ring (bicyclic) bond motifs is 11. The first kappa shape index (κ1) is 38.4. The van der Waals surface area contributed by atoms with Gasteiger partial charge in [-0.1, -0.05) is 218 Å². The molecule has 0 aliphatic carbocycles. The molecule has 68 heavy (non-hydrogen) atoms. The van der Waals surface area contributed by atoms with Gasteiger partial charge in [-0.2, -0.15) is 0 Å². The Bertz CT molecular complexity index is 4380. The van der Waals surface area contributed by atoms with E-state index in [4.69, 9.17) is 0 Å². The van der Waals surface area contributed by atoms with Gasteiger partial charge in [0.15, 0.2) is 0 Å². The van der Waals surface area contributed by atoms with Gasteiger partial charge in [0.2, 0.25) is 0 Å². The zero-order valence-electron chi connectivity index (χ0n) is 37.2. The van der Waals surface area contributed by atoms with Crippen LogP contribution in [-0.4, -0.2) is 0 Å². The molecule has 14 aromatic carbocycles. The van der Waals surface area contributed by atoms with Crippen LogP contribution in [0.25, 0.3) is 142 Å². The third kappa shape index (κ3) is 6.01. The Balaban J connectivity index is 1.05. The topological polar surface area (TPSA) is 0 Å². The Hall–Kier alpha value is -8.84. The maximum Gasteiger partial charge on any atom is -0.00259 e. The molecule has 0 N–H and O–H groups in total. The molecular formula is C68H42. The molecule has 0 bridgehead atoms. The van der Waals surface area contributed by atoms with Crippen LogP contribution in [0.15, 0.2) is 255 Å². The highest BCUT2D eigenvalue weighted by molar-refractivity contribution is 6.24. The van der Waals surface area contributed by atoms with E-state index in [9.17, 15) is 0 Å². The Labute approximate surface area is 394 Å². The van der Waals surface area contributed by atoms with Crippen LogP contribution in [0.3, 0.4) is 0 Å². The molecule has 0 heteroatoms. The minimum absolute atomic E-state index is 1.20. The van der Waals surface area contributed by atoms with Crippen molar-refractivity contribution in [2.75, 3.05) is 0 Å². The van der Waals surface area contributed by atoms with E-state index in [-0.39, 0.29) is 0 Å². The van der Waals surface area contributed by atoms with E-state index < -0.39 is 0 Å². The summed E-state index contributed by atoms with van der Waals surface area (Å²) in [5.41, 5.74) is 12.2. The normalized spacial score (nSPS) is 11.8. The van der Waals surface area contributed by atoms with Gasteiger partial charge in [-0.05, 0) is 178 Å². The molecule has 0 radical (unpaired) electrons. The molecule has 0 saturated heterocycles. The van der Waals surface area contributed by atoms with Crippen molar-refractivity contribution in [3.8, 4) is 55.6 Å². The molecule has 0 nitrogen and oxygen atoms in total. The van der Waals surface area contributed by atoms with Crippen molar-refractivity contribution in [3.63, 3.8) is 0 Å². The van der Waals surface area contributed by atoms with E-state index in [1.807, 2.05) is 0 Å². The number of hydrogen-bond acceptors (Lipinski definition) is 0. The van der Waals surface area contributed by atoms with Crippen molar-refractivity contribution in [2.45, 2.75) is 0 Å². The summed E-state index contributed by atoms with van der Waals surface area (Å²) in [6, 6.07) is 95.0. The highest BCUT2D eigenvalue weighted by Gasteiger charge is 2.20. The van der Waals surface area contributed by atoms with Crippen LogP contribution in [0.4, 0.5) is 0 Å². The molecule has 14 aromatic rings. The molecule has 0 fully saturated rings. The predicted molar refractivity (Wildman–Crippen MR) is 294 cm³/mol. The average molecular weight is 859 g/mol. The fraction of sp³-hybridized carbons (Fsp3) is 0. The Morgan fingerprint density at radius 3 is 0.853 bits per heavy atom. The fourth-order valence-corrected chi connectivity index (χ4v) is 11.5. The summed E-state index contributed by atoms with van der Waals surface area (Å²) in [4.78, 5) is 0. The molecule has 14 rings (SSSR count). The van der Waals surface area contributed by atoms with E-state index in [1.165, 1.54) is 142 Å². The monoisotopic (exact) mass is 858 g/mol. The van der Waals surface area contributed by atoms with Gasteiger partial charge in [-0.15, -0.1) is 0 Å². The second-order valence-corrected chi connectivity index (χ2v) is 18.3. The summed E-state index contributed by atoms with van der Waals surface area (Å²) in [6.07, 6.45) is 0. The molecular weight excluding hydrogens is 817 g/mol. The van der Waals surface area contributed by atoms with Crippen molar-refractivity contribution < 1.29 is 0 Å². The average Bonchev–Trinajstić information content (AvgIpc) is 3.41. The van der Waals surface area contributed by atoms with Gasteiger partial charge >= 0.3 is 0 Å². The van der Waals surface area contributed by atoms with Gasteiger partial charge in [-0.25, -0.2) is 0 Å². The second-order valence-electron chi connectivity index (χ2n) is 18.3. The van der Waals surface area contributed by atoms with Gasteiger partial charge in [0.25, 0.3) is 0 Å². The Morgan fingerprint density at radius 1 is 0.147 bits per heavy atom. The summed E-state index contributed by atoms with van der Waals surface area (Å²) in [5.74, 6) is 0. The van der Waals surface area contributed by atoms with Crippen molar-refractivity contribution in [1.29, 1.82) is 0 Å². The predicted octanol–water partition coefficient (Wildman–Crippen LogP) is 19.2. The molecule has 0 unspecified atom stereocenters. The molecule has 0 atom stereocenters. The minimum atomic E-state index is 1.20. The standard InChI is InChI=1S/C68H42/c1-4-24-51-45(17-1)39-63(57-30-10-7-27-54(51)57)43-20-15-22-49(37-43)67-60-33-13-14-34-61(60)68(50-23-16-21-44(38-50)64-40-46-18-2-5-25-52(46)55-28-8-11-31-58(55)64)66-42-48(35-36-62(66)67)65-41-47-19-3-6-26-53(47)56-29-9-12-32-59(56)65/h1-42H. The molecule has 314 valence electrons. The lowest BCUT2D eigenvalue weighted by molar-refractivity contribution is 1.63. The highest BCUT2D eigenvalue weighted by Crippen LogP contribution is 2.48. The Morgan fingerprint density at radius 2 is 0.441 bits per heavy atom. The lowest BCUT2D eigenvalue weighted by Crippen LogP contribution is -1.93. The van der Waals surface area contributed by atoms with E-state index >= 15 is 0 Å². The lowest BCUT2D eigenvalue weighted by atomic mass is 9.83. The van der Waals surface area contributed by atoms with Crippen LogP contribution in [0, 0.1) is 0 Å². The van der Waals surface area contributed by atoms with Gasteiger partial charge in [0.1, 0.15) is 0 Å². The number of rotatable bonds is 5. The quantitative estimate of drug-likeness (QED) is 0.119. The van der Waals surface area contributed by atoms with E-state index in [0.717, 1.165) is 0 Å². The lowest BCUT2D eigenvalue weighted by Gasteiger charge is -2.20. The molecule has 0 aliphatic heterocycles. The first-order valence-corrected chi connectivity index (χ1v) is 23.7. The molecule has 0 saturated carbocycles. The van der Waals surface area contributed by atoms with E-state index in [2.05, 4.69) is 255 Å². The van der Waals surface area contributed by atoms with Crippen LogP contribution in [0.2, 0.25) is 0 Å². The van der Waals surface area contributed by atoms with Gasteiger partial charge in [0.05, 0.1) is 0 Å². The number of hydrogen-bond donors (Lipinski definition) is 0. The summed E-state index contributed by atoms with van der Waals surface area (Å²) in [6.45, 7) is 0. The minimum Gasteiger partial charge on any atom is -0.0616 e. The Kier molecular flexibility index (Phi) is 8.69. The first-order valence-electron chi connectivity index (χ1n) is 23.7. The van der Waals surface area contributed by atoms with Crippen molar-refractivity contribution in [3.05, 3.63) is 255 Å². The molecule has 0 heterocycles. The SMILES string of the molecule is c1cc(-c2c3ccccc3c(-c3cccc(-c4cc5ccccc5c5ccccc45)c3)c3cc(-c4cc5ccccc5c5ccccc45)ccc23)cc(-c2cc3ccccc3c3ccccc23)c1. The maximum atomic E-state index is 2.48. The zero-order valence-corrected chi connectivity index (χ0v) is 37.2. The second kappa shape index (κ2) is 15.4. The van der Waals surface area contributed by atoms with E-state index in [1.54, 1.807) is 0 Å². The van der Waals surface area contributed by atoms with Crippen LogP contribution in [-0.2, 0) is 0 Å². The summed E-state index contributed by atoms with van der Waals surface area (Å²) >= 11 is 0. The maximum absolute atomic E-state index is 2.48. The van der Waals surface area contributed by atoms with Crippen LogP contribution < -0.4 is 0 Å². The third-order valence-corrected chi connectivity index (χ3v) is 14.6. The van der Waals surface area contributed by atoms with Crippen LogP contribution in [0.1, 0.15) is 0 Å². The van der Waals surface area contributed by atoms with Crippen molar-refractivity contribution >= 4 is 86.2 Å². The molecule has 0 spiro atoms. The van der Waals surface area contributed by atoms with Crippen molar-refractivity contribution in [2.24, 2.45) is 0 Å². The van der Waals surface area contributed by atoms with Gasteiger partial charge in [-0.3, -0.25) is 0 Å². The largest absolute Gasteiger partial charge is 0.0616 e. The number of benzene rings is 14. The zero-order chi connectivity index (χ0) is 44.7. The molecule has 0 aromatic heterocycles. The summed E-state index contributed by atoms with van der Waals surface area (Å²) in [7, 11) is 0. The van der Waals surface area contributed by atoms with Crippen LogP contribution in [0.5, 0.6) is 0 Å². The third-order valence-electron chi connectivity index (χ3n) is 14.6. The first-order chi connectivity index (χ1) is 33.7. The van der Waals surface area contributed by atoms with Gasteiger partial charge < -0.3 is 0 Å². The van der Waals surface area contributed by atoms with Gasteiger partial charge in [0, 0.05) is 0 Å². The highest BCUT2D eigenvalue weighted by atomic mass is 14.2. The smallest absolute Gasteiger partial charge is 0.00259 e. The summed E-state index contributed by atoms with van der Waals surface area (Å²) < 4.78 is 0. The molecule has 0 aliphatic rings. The summed E-state index contributed by atoms with van der Waals surface area (Å²) in [5, 5.41) is 20.1.